The van der Waals surface area contributed by atoms with E-state index in [1.54, 1.807) is 0 Å². The van der Waals surface area contributed by atoms with Crippen LogP contribution in [-0.2, 0) is 4.79 Å². The minimum absolute atomic E-state index is 0.100. The fraction of sp³-hybridized carbons (Fsp3) is 0.923. The van der Waals surface area contributed by atoms with Crippen molar-refractivity contribution >= 4 is 5.91 Å². The van der Waals surface area contributed by atoms with Crippen molar-refractivity contribution in [3.05, 3.63) is 0 Å². The summed E-state index contributed by atoms with van der Waals surface area (Å²) in [5.74, 6) is 0.918. The maximum Gasteiger partial charge on any atom is 0.220 e. The van der Waals surface area contributed by atoms with E-state index in [0.29, 0.717) is 0 Å². The van der Waals surface area contributed by atoms with Gasteiger partial charge in [0.1, 0.15) is 0 Å². The number of nitrogens with two attached hydrogens (primary N) is 1. The number of hydrogen-bond acceptors (Lipinski definition) is 2. The molecular weight excluding hydrogens is 200 g/mol. The van der Waals surface area contributed by atoms with Gasteiger partial charge < -0.3 is 10.6 Å². The fourth-order valence-corrected chi connectivity index (χ4v) is 3.28. The molecule has 1 aliphatic carbocycles. The van der Waals surface area contributed by atoms with E-state index in [4.69, 9.17) is 5.73 Å². The maximum atomic E-state index is 11.1. The number of amides is 1. The Balaban J connectivity index is 1.81. The molecule has 0 aromatic rings. The molecule has 2 aliphatic rings. The molecule has 1 heterocycles. The first-order valence-corrected chi connectivity index (χ1v) is 6.70. The lowest BCUT2D eigenvalue weighted by Crippen LogP contribution is -2.45. The van der Waals surface area contributed by atoms with Crippen LogP contribution in [0.3, 0.4) is 0 Å². The molecule has 16 heavy (non-hydrogen) atoms. The number of hydrogen-bond donors (Lipinski definition) is 1. The lowest BCUT2D eigenvalue weighted by molar-refractivity contribution is -0.123. The van der Waals surface area contributed by atoms with E-state index in [0.717, 1.165) is 37.9 Å². The molecule has 92 valence electrons. The third kappa shape index (κ3) is 2.76. The van der Waals surface area contributed by atoms with Gasteiger partial charge in [0.2, 0.25) is 5.91 Å². The summed E-state index contributed by atoms with van der Waals surface area (Å²) < 4.78 is 0. The van der Waals surface area contributed by atoms with Crippen LogP contribution in [-0.4, -0.2) is 29.9 Å². The van der Waals surface area contributed by atoms with Gasteiger partial charge in [-0.2, -0.15) is 0 Å². The highest BCUT2D eigenvalue weighted by Gasteiger charge is 2.29. The predicted molar refractivity (Wildman–Crippen MR) is 64.9 cm³/mol. The molecule has 0 spiro atoms. The topological polar surface area (TPSA) is 46.3 Å². The van der Waals surface area contributed by atoms with Gasteiger partial charge in [0, 0.05) is 12.0 Å². The highest BCUT2D eigenvalue weighted by Crippen LogP contribution is 2.29. The maximum absolute atomic E-state index is 11.1. The second-order valence-electron chi connectivity index (χ2n) is 5.64. The Bertz CT molecular complexity index is 246. The molecule has 1 amide bonds. The van der Waals surface area contributed by atoms with Gasteiger partial charge >= 0.3 is 0 Å². The van der Waals surface area contributed by atoms with Crippen LogP contribution >= 0.6 is 0 Å². The molecule has 0 aromatic heterocycles. The zero-order chi connectivity index (χ0) is 11.5. The SMILES string of the molecule is C[C@H]1CCC[C@H](N2CCC(C(N)=O)CC2)C1. The molecule has 2 atom stereocenters. The second kappa shape index (κ2) is 5.17. The van der Waals surface area contributed by atoms with Crippen molar-refractivity contribution in [3.8, 4) is 0 Å². The molecule has 0 unspecified atom stereocenters. The summed E-state index contributed by atoms with van der Waals surface area (Å²) in [6.07, 6.45) is 7.42. The number of rotatable bonds is 2. The molecule has 1 saturated heterocycles. The normalized spacial score (nSPS) is 33.8. The molecule has 2 fully saturated rings. The zero-order valence-electron chi connectivity index (χ0n) is 10.3. The number of nitrogens with zero attached hydrogens (tertiary/aromatic N) is 1. The lowest BCUT2D eigenvalue weighted by Gasteiger charge is -2.40. The van der Waals surface area contributed by atoms with Gasteiger partial charge in [0.15, 0.2) is 0 Å². The minimum Gasteiger partial charge on any atom is -0.369 e. The first-order valence-electron chi connectivity index (χ1n) is 6.70. The van der Waals surface area contributed by atoms with Crippen LogP contribution in [0.4, 0.5) is 0 Å². The molecule has 2 rings (SSSR count). The number of likely N-dealkylation sites (tertiary alicyclic amines) is 1. The van der Waals surface area contributed by atoms with Crippen molar-refractivity contribution in [1.82, 2.24) is 4.90 Å². The van der Waals surface area contributed by atoms with Gasteiger partial charge in [0.05, 0.1) is 0 Å². The van der Waals surface area contributed by atoms with E-state index < -0.39 is 0 Å². The Morgan fingerprint density at radius 1 is 1.19 bits per heavy atom. The Kier molecular flexibility index (Phi) is 3.85. The van der Waals surface area contributed by atoms with E-state index >= 15 is 0 Å². The van der Waals surface area contributed by atoms with Gasteiger partial charge in [-0.05, 0) is 44.7 Å². The smallest absolute Gasteiger partial charge is 0.220 e. The van der Waals surface area contributed by atoms with E-state index in [2.05, 4.69) is 11.8 Å². The zero-order valence-corrected chi connectivity index (χ0v) is 10.3. The number of carbonyl (C=O) groups excluding carboxylic acids is 1. The predicted octanol–water partition coefficient (Wildman–Crippen LogP) is 1.76. The molecule has 1 aliphatic heterocycles. The van der Waals surface area contributed by atoms with Gasteiger partial charge in [0.25, 0.3) is 0 Å². The van der Waals surface area contributed by atoms with Crippen molar-refractivity contribution in [2.45, 2.75) is 51.5 Å². The Morgan fingerprint density at radius 3 is 2.44 bits per heavy atom. The fourth-order valence-electron chi connectivity index (χ4n) is 3.28. The Labute approximate surface area is 98.4 Å². The minimum atomic E-state index is -0.100. The average Bonchev–Trinajstić information content (AvgIpc) is 2.29. The summed E-state index contributed by atoms with van der Waals surface area (Å²) in [7, 11) is 0. The van der Waals surface area contributed by atoms with E-state index in [9.17, 15) is 4.79 Å². The summed E-state index contributed by atoms with van der Waals surface area (Å²) in [4.78, 5) is 13.7. The van der Waals surface area contributed by atoms with E-state index in [1.165, 1.54) is 25.7 Å². The summed E-state index contributed by atoms with van der Waals surface area (Å²) in [5.41, 5.74) is 5.36. The molecule has 2 N–H and O–H groups in total. The van der Waals surface area contributed by atoms with Gasteiger partial charge in [-0.1, -0.05) is 19.8 Å². The standard InChI is InChI=1S/C13H24N2O/c1-10-3-2-4-12(9-10)15-7-5-11(6-8-15)13(14)16/h10-12H,2-9H2,1H3,(H2,14,16)/t10-,12-/m0/s1. The summed E-state index contributed by atoms with van der Waals surface area (Å²) in [6.45, 7) is 4.51. The van der Waals surface area contributed by atoms with Crippen molar-refractivity contribution in [2.24, 2.45) is 17.6 Å². The summed E-state index contributed by atoms with van der Waals surface area (Å²) in [5, 5.41) is 0. The molecular formula is C13H24N2O. The molecule has 0 bridgehead atoms. The highest BCUT2D eigenvalue weighted by atomic mass is 16.1. The number of carbonyl (C=O) groups is 1. The third-order valence-corrected chi connectivity index (χ3v) is 4.36. The third-order valence-electron chi connectivity index (χ3n) is 4.36. The van der Waals surface area contributed by atoms with Crippen molar-refractivity contribution in [2.75, 3.05) is 13.1 Å². The van der Waals surface area contributed by atoms with Crippen LogP contribution in [0.25, 0.3) is 0 Å². The summed E-state index contributed by atoms with van der Waals surface area (Å²) >= 11 is 0. The van der Waals surface area contributed by atoms with Crippen LogP contribution in [0.1, 0.15) is 45.4 Å². The highest BCUT2D eigenvalue weighted by molar-refractivity contribution is 5.76. The Hall–Kier alpha value is -0.570. The van der Waals surface area contributed by atoms with Gasteiger partial charge in [-0.15, -0.1) is 0 Å². The van der Waals surface area contributed by atoms with Gasteiger partial charge in [-0.3, -0.25) is 4.79 Å². The van der Waals surface area contributed by atoms with Crippen LogP contribution < -0.4 is 5.73 Å². The molecule has 3 nitrogen and oxygen atoms in total. The number of primary amides is 1. The number of piperidine rings is 1. The molecule has 3 heteroatoms. The first-order chi connectivity index (χ1) is 7.66. The molecule has 0 radical (unpaired) electrons. The van der Waals surface area contributed by atoms with Crippen LogP contribution in [0.5, 0.6) is 0 Å². The van der Waals surface area contributed by atoms with Crippen LogP contribution in [0.15, 0.2) is 0 Å². The van der Waals surface area contributed by atoms with Gasteiger partial charge in [-0.25, -0.2) is 0 Å². The van der Waals surface area contributed by atoms with Crippen molar-refractivity contribution in [3.63, 3.8) is 0 Å². The lowest BCUT2D eigenvalue weighted by atomic mass is 9.84. The van der Waals surface area contributed by atoms with Crippen molar-refractivity contribution in [1.29, 1.82) is 0 Å². The van der Waals surface area contributed by atoms with Crippen LogP contribution in [0, 0.1) is 11.8 Å². The molecule has 0 aromatic carbocycles. The first kappa shape index (κ1) is 11.9. The Morgan fingerprint density at radius 2 is 1.88 bits per heavy atom. The van der Waals surface area contributed by atoms with E-state index in [-0.39, 0.29) is 11.8 Å². The summed E-state index contributed by atoms with van der Waals surface area (Å²) in [6, 6.07) is 0.776. The second-order valence-corrected chi connectivity index (χ2v) is 5.64. The average molecular weight is 224 g/mol. The largest absolute Gasteiger partial charge is 0.369 e. The quantitative estimate of drug-likeness (QED) is 0.777. The van der Waals surface area contributed by atoms with Crippen molar-refractivity contribution < 1.29 is 4.79 Å². The van der Waals surface area contributed by atoms with Crippen LogP contribution in [0.2, 0.25) is 0 Å². The monoisotopic (exact) mass is 224 g/mol. The molecule has 1 saturated carbocycles. The van der Waals surface area contributed by atoms with E-state index in [1.807, 2.05) is 0 Å².